The molecule has 1 heterocycles. The molecule has 10 heteroatoms. The van der Waals surface area contributed by atoms with Gasteiger partial charge in [0.25, 0.3) is 10.9 Å². The summed E-state index contributed by atoms with van der Waals surface area (Å²) >= 11 is 0.941. The molecule has 106 valence electrons. The summed E-state index contributed by atoms with van der Waals surface area (Å²) in [5.41, 5.74) is -0.329. The summed E-state index contributed by atoms with van der Waals surface area (Å²) in [7, 11) is -2.50. The molecule has 0 aliphatic carbocycles. The van der Waals surface area contributed by atoms with Crippen LogP contribution < -0.4 is 4.72 Å². The van der Waals surface area contributed by atoms with Crippen LogP contribution >= 0.6 is 11.8 Å². The largest absolute Gasteiger partial charge is 0.440 e. The number of hydrogen-bond acceptors (Lipinski definition) is 7. The first kappa shape index (κ1) is 14.5. The third-order valence-corrected chi connectivity index (χ3v) is 4.67. The second-order valence-corrected chi connectivity index (χ2v) is 6.37. The van der Waals surface area contributed by atoms with Crippen molar-refractivity contribution in [3.8, 4) is 0 Å². The lowest BCUT2D eigenvalue weighted by molar-refractivity contribution is -0.388. The number of oxazole rings is 1. The van der Waals surface area contributed by atoms with Crippen LogP contribution in [-0.2, 0) is 10.0 Å². The van der Waals surface area contributed by atoms with Crippen LogP contribution in [0.25, 0.3) is 0 Å². The molecule has 0 aliphatic rings. The van der Waals surface area contributed by atoms with Gasteiger partial charge in [-0.25, -0.2) is 18.1 Å². The number of rotatable bonds is 5. The van der Waals surface area contributed by atoms with Crippen molar-refractivity contribution < 1.29 is 17.8 Å². The van der Waals surface area contributed by atoms with E-state index in [0.717, 1.165) is 17.8 Å². The van der Waals surface area contributed by atoms with Crippen LogP contribution in [0.15, 0.2) is 50.1 Å². The Bertz CT molecular complexity index is 727. The van der Waals surface area contributed by atoms with Gasteiger partial charge in [-0.2, -0.15) is 0 Å². The van der Waals surface area contributed by atoms with Gasteiger partial charge in [0.05, 0.1) is 20.9 Å². The normalized spacial score (nSPS) is 11.4. The zero-order valence-corrected chi connectivity index (χ0v) is 11.8. The fourth-order valence-electron chi connectivity index (χ4n) is 1.37. The van der Waals surface area contributed by atoms with E-state index in [-0.39, 0.29) is 20.7 Å². The molecule has 1 aromatic heterocycles. The molecule has 2 rings (SSSR count). The Kier molecular flexibility index (Phi) is 4.06. The number of benzene rings is 1. The topological polar surface area (TPSA) is 115 Å². The minimum absolute atomic E-state index is 0.177. The molecule has 1 N–H and O–H groups in total. The first-order valence-electron chi connectivity index (χ1n) is 5.23. The molecular formula is C10H9N3O5S2. The number of sulfonamides is 1. The van der Waals surface area contributed by atoms with Crippen LogP contribution in [0, 0.1) is 10.1 Å². The standard InChI is InChI=1S/C10H9N3O5S2/c1-11-20(16,17)7-2-3-9(8(6-7)13(14)15)19-10-12-4-5-18-10/h2-6,11H,1H3. The van der Waals surface area contributed by atoms with Gasteiger partial charge in [0.1, 0.15) is 6.26 Å². The summed E-state index contributed by atoms with van der Waals surface area (Å²) in [6, 6.07) is 3.62. The van der Waals surface area contributed by atoms with E-state index < -0.39 is 14.9 Å². The van der Waals surface area contributed by atoms with Crippen molar-refractivity contribution in [2.45, 2.75) is 15.0 Å². The summed E-state index contributed by atoms with van der Waals surface area (Å²) in [5, 5.41) is 11.3. The summed E-state index contributed by atoms with van der Waals surface area (Å²) in [5.74, 6) is 0. The minimum atomic E-state index is -3.74. The van der Waals surface area contributed by atoms with Crippen molar-refractivity contribution in [1.82, 2.24) is 9.71 Å². The van der Waals surface area contributed by atoms with Crippen LogP contribution in [0.1, 0.15) is 0 Å². The van der Waals surface area contributed by atoms with Crippen molar-refractivity contribution >= 4 is 27.5 Å². The van der Waals surface area contributed by atoms with Crippen LogP contribution in [0.5, 0.6) is 0 Å². The van der Waals surface area contributed by atoms with E-state index in [0.29, 0.717) is 0 Å². The minimum Gasteiger partial charge on any atom is -0.440 e. The fourth-order valence-corrected chi connectivity index (χ4v) is 2.90. The SMILES string of the molecule is CNS(=O)(=O)c1ccc(Sc2ncco2)c([N+](=O)[O-])c1. The molecule has 0 saturated heterocycles. The lowest BCUT2D eigenvalue weighted by Crippen LogP contribution is -2.18. The van der Waals surface area contributed by atoms with E-state index in [2.05, 4.69) is 9.71 Å². The van der Waals surface area contributed by atoms with Gasteiger partial charge in [0.15, 0.2) is 0 Å². The fraction of sp³-hybridized carbons (Fsp3) is 0.100. The highest BCUT2D eigenvalue weighted by Gasteiger charge is 2.21. The van der Waals surface area contributed by atoms with Crippen LogP contribution in [0.4, 0.5) is 5.69 Å². The Morgan fingerprint density at radius 2 is 2.20 bits per heavy atom. The van der Waals surface area contributed by atoms with Crippen molar-refractivity contribution in [2.24, 2.45) is 0 Å². The summed E-state index contributed by atoms with van der Waals surface area (Å²) in [4.78, 5) is 14.3. The zero-order valence-electron chi connectivity index (χ0n) is 10.1. The third-order valence-electron chi connectivity index (χ3n) is 2.31. The smallest absolute Gasteiger partial charge is 0.284 e. The van der Waals surface area contributed by atoms with Crippen molar-refractivity contribution in [3.63, 3.8) is 0 Å². The number of nitro groups is 1. The maximum Gasteiger partial charge on any atom is 0.284 e. The second kappa shape index (κ2) is 5.61. The van der Waals surface area contributed by atoms with Crippen molar-refractivity contribution in [3.05, 3.63) is 40.8 Å². The highest BCUT2D eigenvalue weighted by Crippen LogP contribution is 2.35. The monoisotopic (exact) mass is 315 g/mol. The Morgan fingerprint density at radius 1 is 1.45 bits per heavy atom. The number of nitrogens with zero attached hydrogens (tertiary/aromatic N) is 2. The Balaban J connectivity index is 2.46. The number of aromatic nitrogens is 1. The molecule has 0 saturated carbocycles. The molecule has 0 aliphatic heterocycles. The van der Waals surface area contributed by atoms with Crippen LogP contribution in [0.2, 0.25) is 0 Å². The molecule has 20 heavy (non-hydrogen) atoms. The van der Waals surface area contributed by atoms with E-state index in [4.69, 9.17) is 4.42 Å². The van der Waals surface area contributed by atoms with E-state index in [9.17, 15) is 18.5 Å². The summed E-state index contributed by atoms with van der Waals surface area (Å²) in [6.07, 6.45) is 2.75. The maximum absolute atomic E-state index is 11.6. The van der Waals surface area contributed by atoms with E-state index in [1.807, 2.05) is 0 Å². The Hall–Kier alpha value is -1.91. The lowest BCUT2D eigenvalue weighted by atomic mass is 10.3. The zero-order chi connectivity index (χ0) is 14.8. The Labute approximate surface area is 118 Å². The van der Waals surface area contributed by atoms with E-state index in [1.54, 1.807) is 0 Å². The van der Waals surface area contributed by atoms with E-state index in [1.165, 1.54) is 31.6 Å². The lowest BCUT2D eigenvalue weighted by Gasteiger charge is -2.04. The van der Waals surface area contributed by atoms with E-state index >= 15 is 0 Å². The van der Waals surface area contributed by atoms with Gasteiger partial charge in [-0.3, -0.25) is 10.1 Å². The van der Waals surface area contributed by atoms with Crippen molar-refractivity contribution in [1.29, 1.82) is 0 Å². The first-order chi connectivity index (χ1) is 9.44. The average molecular weight is 315 g/mol. The van der Waals surface area contributed by atoms with Gasteiger partial charge < -0.3 is 4.42 Å². The molecule has 2 aromatic rings. The second-order valence-electron chi connectivity index (χ2n) is 3.49. The first-order valence-corrected chi connectivity index (χ1v) is 7.53. The third kappa shape index (κ3) is 2.98. The highest BCUT2D eigenvalue weighted by atomic mass is 32.2. The predicted octanol–water partition coefficient (Wildman–Crippen LogP) is 1.64. The van der Waals surface area contributed by atoms with Crippen molar-refractivity contribution in [2.75, 3.05) is 7.05 Å². The number of nitrogens with one attached hydrogen (secondary N) is 1. The number of hydrogen-bond donors (Lipinski definition) is 1. The highest BCUT2D eigenvalue weighted by molar-refractivity contribution is 7.99. The van der Waals surface area contributed by atoms with Gasteiger partial charge in [-0.1, -0.05) is 0 Å². The van der Waals surface area contributed by atoms with Gasteiger partial charge >= 0.3 is 0 Å². The molecular weight excluding hydrogens is 306 g/mol. The number of nitro benzene ring substituents is 1. The molecule has 0 amide bonds. The quantitative estimate of drug-likeness (QED) is 0.658. The van der Waals surface area contributed by atoms with Crippen LogP contribution in [0.3, 0.4) is 0 Å². The molecule has 8 nitrogen and oxygen atoms in total. The molecule has 0 spiro atoms. The van der Waals surface area contributed by atoms with Gasteiger partial charge in [-0.05, 0) is 30.9 Å². The maximum atomic E-state index is 11.6. The summed E-state index contributed by atoms with van der Waals surface area (Å²) in [6.45, 7) is 0. The van der Waals surface area contributed by atoms with Gasteiger partial charge in [0.2, 0.25) is 10.0 Å². The predicted molar refractivity (Wildman–Crippen MR) is 70.0 cm³/mol. The molecule has 0 bridgehead atoms. The molecule has 0 radical (unpaired) electrons. The Morgan fingerprint density at radius 3 is 2.75 bits per heavy atom. The molecule has 1 aromatic carbocycles. The summed E-state index contributed by atoms with van der Waals surface area (Å²) < 4.78 is 30.4. The molecule has 0 atom stereocenters. The molecule has 0 fully saturated rings. The van der Waals surface area contributed by atoms with Gasteiger partial charge in [0, 0.05) is 6.07 Å². The van der Waals surface area contributed by atoms with Gasteiger partial charge in [-0.15, -0.1) is 0 Å². The average Bonchev–Trinajstić information content (AvgIpc) is 2.91. The molecule has 0 unspecified atom stereocenters. The van der Waals surface area contributed by atoms with Crippen LogP contribution in [-0.4, -0.2) is 25.4 Å².